The molecule has 0 aliphatic heterocycles. The van der Waals surface area contributed by atoms with Gasteiger partial charge in [0.25, 0.3) is 5.16 Å². The molecule has 25 heavy (non-hydrogen) atoms. The van der Waals surface area contributed by atoms with E-state index in [0.29, 0.717) is 18.7 Å². The fourth-order valence-corrected chi connectivity index (χ4v) is 6.73. The van der Waals surface area contributed by atoms with Crippen LogP contribution in [0.3, 0.4) is 0 Å². The Bertz CT molecular complexity index is 752. The first kappa shape index (κ1) is 19.7. The lowest BCUT2D eigenvalue weighted by Gasteiger charge is -2.27. The number of sulfone groups is 1. The summed E-state index contributed by atoms with van der Waals surface area (Å²) in [7, 11) is -5.26. The number of rotatable bonds is 10. The summed E-state index contributed by atoms with van der Waals surface area (Å²) in [4.78, 5) is 0. The fraction of sp³-hybridized carbons (Fsp3) is 0.562. The van der Waals surface area contributed by atoms with Gasteiger partial charge in [-0.15, -0.1) is 0 Å². The molecule has 138 valence electrons. The quantitative estimate of drug-likeness (QED) is 0.464. The van der Waals surface area contributed by atoms with Crippen molar-refractivity contribution in [3.05, 3.63) is 30.3 Å². The molecule has 0 unspecified atom stereocenters. The second-order valence-electron chi connectivity index (χ2n) is 5.97. The van der Waals surface area contributed by atoms with Gasteiger partial charge in [0.2, 0.25) is 9.84 Å². The lowest BCUT2D eigenvalue weighted by molar-refractivity contribution is 0.299. The summed E-state index contributed by atoms with van der Waals surface area (Å²) in [6.07, 6.45) is 0.443. The van der Waals surface area contributed by atoms with Crippen molar-refractivity contribution in [2.45, 2.75) is 50.5 Å². The van der Waals surface area contributed by atoms with Gasteiger partial charge >= 0.3 is 0 Å². The predicted octanol–water partition coefficient (Wildman–Crippen LogP) is 2.85. The Kier molecular flexibility index (Phi) is 6.85. The van der Waals surface area contributed by atoms with Crippen LogP contribution in [0.5, 0.6) is 0 Å². The fourth-order valence-electron chi connectivity index (χ4n) is 2.79. The molecular formula is C16H26N4O3SSi. The van der Waals surface area contributed by atoms with Crippen LogP contribution in [0.2, 0.25) is 18.1 Å². The lowest BCUT2D eigenvalue weighted by atomic mass is 10.3. The Hall–Kier alpha value is -1.58. The van der Waals surface area contributed by atoms with E-state index in [4.69, 9.17) is 4.43 Å². The number of nitrogens with zero attached hydrogens (tertiary/aromatic N) is 4. The van der Waals surface area contributed by atoms with Crippen molar-refractivity contribution in [1.29, 1.82) is 0 Å². The molecule has 1 aromatic heterocycles. The largest absolute Gasteiger partial charge is 0.417 e. The van der Waals surface area contributed by atoms with Gasteiger partial charge < -0.3 is 4.43 Å². The van der Waals surface area contributed by atoms with E-state index in [1.54, 1.807) is 12.1 Å². The molecule has 9 heteroatoms. The summed E-state index contributed by atoms with van der Waals surface area (Å²) in [5.41, 5.74) is 0.622. The topological polar surface area (TPSA) is 87.0 Å². The van der Waals surface area contributed by atoms with Crippen LogP contribution in [0, 0.1) is 0 Å². The summed E-state index contributed by atoms with van der Waals surface area (Å²) >= 11 is 0. The monoisotopic (exact) mass is 382 g/mol. The molecule has 1 aromatic carbocycles. The van der Waals surface area contributed by atoms with E-state index in [0.717, 1.165) is 18.1 Å². The van der Waals surface area contributed by atoms with Crippen molar-refractivity contribution in [1.82, 2.24) is 20.2 Å². The maximum absolute atomic E-state index is 12.6. The highest BCUT2D eigenvalue weighted by molar-refractivity contribution is 7.91. The van der Waals surface area contributed by atoms with Gasteiger partial charge in [-0.2, -0.15) is 4.68 Å². The molecule has 0 spiro atoms. The number of aromatic nitrogens is 4. The second-order valence-corrected chi connectivity index (χ2v) is 12.8. The molecule has 0 aliphatic carbocycles. The third-order valence-corrected chi connectivity index (χ3v) is 10.9. The standard InChI is InChI=1S/C16H26N4O3SSi/c1-4-25(5-2,6-3)23-13-10-14-24(21,22)16-17-18-19-20(16)15-11-8-7-9-12-15/h7-9,11-12H,4-6,10,13-14H2,1-3H3. The van der Waals surface area contributed by atoms with E-state index in [1.165, 1.54) is 4.68 Å². The first-order valence-corrected chi connectivity index (χ1v) is 12.9. The van der Waals surface area contributed by atoms with Crippen LogP contribution in [0.25, 0.3) is 5.69 Å². The number of para-hydroxylation sites is 1. The van der Waals surface area contributed by atoms with Gasteiger partial charge in [-0.1, -0.05) is 44.1 Å². The van der Waals surface area contributed by atoms with Gasteiger partial charge in [-0.25, -0.2) is 8.42 Å². The number of benzene rings is 1. The number of hydrogen-bond donors (Lipinski definition) is 0. The first-order chi connectivity index (χ1) is 12.0. The van der Waals surface area contributed by atoms with Crippen molar-refractivity contribution in [3.63, 3.8) is 0 Å². The van der Waals surface area contributed by atoms with Crippen molar-refractivity contribution >= 4 is 18.2 Å². The van der Waals surface area contributed by atoms with Gasteiger partial charge in [0, 0.05) is 6.61 Å². The second kappa shape index (κ2) is 8.68. The molecule has 0 fully saturated rings. The van der Waals surface area contributed by atoms with E-state index in [2.05, 4.69) is 36.3 Å². The molecule has 0 N–H and O–H groups in total. The molecule has 0 atom stereocenters. The molecule has 0 amide bonds. The van der Waals surface area contributed by atoms with Crippen LogP contribution in [0.1, 0.15) is 27.2 Å². The smallest absolute Gasteiger partial charge is 0.272 e. The van der Waals surface area contributed by atoms with Gasteiger partial charge in [-0.3, -0.25) is 0 Å². The number of hydrogen-bond acceptors (Lipinski definition) is 6. The molecule has 0 radical (unpaired) electrons. The van der Waals surface area contributed by atoms with Crippen molar-refractivity contribution in [2.24, 2.45) is 0 Å². The zero-order chi connectivity index (χ0) is 18.3. The minimum Gasteiger partial charge on any atom is -0.417 e. The van der Waals surface area contributed by atoms with Crippen LogP contribution in [0.4, 0.5) is 0 Å². The van der Waals surface area contributed by atoms with Crippen LogP contribution in [-0.4, -0.2) is 49.3 Å². The van der Waals surface area contributed by atoms with E-state index in [9.17, 15) is 8.42 Å². The SMILES string of the molecule is CC[Si](CC)(CC)OCCCS(=O)(=O)c1nnnn1-c1ccccc1. The third-order valence-electron chi connectivity index (χ3n) is 4.62. The normalized spacial score (nSPS) is 12.4. The highest BCUT2D eigenvalue weighted by atomic mass is 32.2. The van der Waals surface area contributed by atoms with Crippen LogP contribution in [-0.2, 0) is 14.3 Å². The van der Waals surface area contributed by atoms with Crippen molar-refractivity contribution < 1.29 is 12.8 Å². The summed E-state index contributed by atoms with van der Waals surface area (Å²) in [6, 6.07) is 12.2. The molecule has 0 bridgehead atoms. The summed E-state index contributed by atoms with van der Waals surface area (Å²) in [6.45, 7) is 6.94. The van der Waals surface area contributed by atoms with Crippen molar-refractivity contribution in [3.8, 4) is 5.69 Å². The molecule has 2 aromatic rings. The Morgan fingerprint density at radius 1 is 1.08 bits per heavy atom. The maximum atomic E-state index is 12.6. The average molecular weight is 383 g/mol. The van der Waals surface area contributed by atoms with Crippen molar-refractivity contribution in [2.75, 3.05) is 12.4 Å². The highest BCUT2D eigenvalue weighted by Crippen LogP contribution is 2.22. The molecular weight excluding hydrogens is 356 g/mol. The maximum Gasteiger partial charge on any atom is 0.272 e. The molecule has 7 nitrogen and oxygen atoms in total. The Balaban J connectivity index is 2.03. The van der Waals surface area contributed by atoms with E-state index in [1.807, 2.05) is 18.2 Å². The van der Waals surface area contributed by atoms with Gasteiger partial charge in [0.05, 0.1) is 11.4 Å². The first-order valence-electron chi connectivity index (χ1n) is 8.68. The van der Waals surface area contributed by atoms with E-state index < -0.39 is 18.2 Å². The van der Waals surface area contributed by atoms with Gasteiger partial charge in [0.15, 0.2) is 8.32 Å². The Labute approximate surface area is 150 Å². The minimum atomic E-state index is -3.57. The third kappa shape index (κ3) is 4.74. The minimum absolute atomic E-state index is 0.0260. The highest BCUT2D eigenvalue weighted by Gasteiger charge is 2.29. The predicted molar refractivity (Wildman–Crippen MR) is 99.0 cm³/mol. The van der Waals surface area contributed by atoms with Gasteiger partial charge in [0.1, 0.15) is 0 Å². The van der Waals surface area contributed by atoms with Crippen LogP contribution in [0.15, 0.2) is 35.5 Å². The van der Waals surface area contributed by atoms with Crippen LogP contribution < -0.4 is 0 Å². The molecule has 2 rings (SSSR count). The zero-order valence-electron chi connectivity index (χ0n) is 15.1. The number of tetrazole rings is 1. The summed E-state index contributed by atoms with van der Waals surface area (Å²) in [5.74, 6) is -0.0260. The lowest BCUT2D eigenvalue weighted by Crippen LogP contribution is -2.36. The molecule has 0 aliphatic rings. The Morgan fingerprint density at radius 3 is 2.32 bits per heavy atom. The van der Waals surface area contributed by atoms with Gasteiger partial charge in [-0.05, 0) is 47.1 Å². The average Bonchev–Trinajstić information content (AvgIpc) is 3.14. The van der Waals surface area contributed by atoms with Crippen LogP contribution >= 0.6 is 0 Å². The Morgan fingerprint density at radius 2 is 1.72 bits per heavy atom. The molecule has 0 saturated heterocycles. The summed E-state index contributed by atoms with van der Waals surface area (Å²) in [5, 5.41) is 10.9. The van der Waals surface area contributed by atoms with E-state index >= 15 is 0 Å². The molecule has 0 saturated carbocycles. The zero-order valence-corrected chi connectivity index (χ0v) is 16.9. The molecule has 1 heterocycles. The van der Waals surface area contributed by atoms with E-state index in [-0.39, 0.29) is 10.9 Å². The summed E-state index contributed by atoms with van der Waals surface area (Å²) < 4.78 is 32.6.